The van der Waals surface area contributed by atoms with Crippen molar-refractivity contribution < 1.29 is 23.0 Å². The summed E-state index contributed by atoms with van der Waals surface area (Å²) in [5, 5.41) is 10.0. The van der Waals surface area contributed by atoms with Gasteiger partial charge in [-0.15, -0.1) is 6.58 Å². The van der Waals surface area contributed by atoms with Gasteiger partial charge in [-0.25, -0.2) is 13.2 Å². The normalized spacial score (nSPS) is 19.1. The van der Waals surface area contributed by atoms with E-state index < -0.39 is 17.7 Å². The van der Waals surface area contributed by atoms with Crippen molar-refractivity contribution in [1.29, 1.82) is 0 Å². The van der Waals surface area contributed by atoms with E-state index in [9.17, 15) is 18.3 Å². The van der Waals surface area contributed by atoms with E-state index in [2.05, 4.69) is 6.58 Å². The lowest BCUT2D eigenvalue weighted by molar-refractivity contribution is 0.160. The molecule has 1 saturated carbocycles. The van der Waals surface area contributed by atoms with E-state index in [0.29, 0.717) is 43.1 Å². The van der Waals surface area contributed by atoms with Gasteiger partial charge in [0.25, 0.3) is 0 Å². The van der Waals surface area contributed by atoms with Crippen LogP contribution in [0, 0.1) is 23.4 Å². The third-order valence-electron chi connectivity index (χ3n) is 7.01. The lowest BCUT2D eigenvalue weighted by Crippen LogP contribution is -2.15. The second-order valence-corrected chi connectivity index (χ2v) is 9.47. The van der Waals surface area contributed by atoms with Crippen LogP contribution in [0.25, 0.3) is 0 Å². The van der Waals surface area contributed by atoms with Crippen molar-refractivity contribution in [1.82, 2.24) is 0 Å². The predicted molar refractivity (Wildman–Crippen MR) is 131 cm³/mol. The van der Waals surface area contributed by atoms with Gasteiger partial charge in [0.1, 0.15) is 11.6 Å². The van der Waals surface area contributed by atoms with Gasteiger partial charge >= 0.3 is 0 Å². The molecule has 0 aromatic heterocycles. The maximum atomic E-state index is 14.7. The molecule has 2 aromatic carbocycles. The number of allylic oxidation sites excluding steroid dienone is 1. The molecule has 0 radical (unpaired) electrons. The van der Waals surface area contributed by atoms with Gasteiger partial charge in [0.15, 0.2) is 11.6 Å². The molecule has 0 heterocycles. The molecule has 1 aliphatic carbocycles. The van der Waals surface area contributed by atoms with Crippen LogP contribution in [-0.4, -0.2) is 11.7 Å². The smallest absolute Gasteiger partial charge is 0.164 e. The quantitative estimate of drug-likeness (QED) is 0.248. The number of aliphatic hydroxyl groups is 1. The van der Waals surface area contributed by atoms with Gasteiger partial charge in [0, 0.05) is 11.6 Å². The Morgan fingerprint density at radius 2 is 1.85 bits per heavy atom. The Bertz CT molecular complexity index is 935. The summed E-state index contributed by atoms with van der Waals surface area (Å²) in [6.45, 7) is 6.12. The van der Waals surface area contributed by atoms with Crippen molar-refractivity contribution in [2.45, 2.75) is 83.2 Å². The summed E-state index contributed by atoms with van der Waals surface area (Å²) in [5.74, 6) is -0.825. The number of aliphatic hydroxyl groups excluding tert-OH is 1. The maximum absolute atomic E-state index is 14.7. The van der Waals surface area contributed by atoms with Crippen LogP contribution in [0.4, 0.5) is 13.2 Å². The number of rotatable bonds is 12. The summed E-state index contributed by atoms with van der Waals surface area (Å²) in [6, 6.07) is 8.29. The number of unbranched alkanes of at least 4 members (excludes halogenated alkanes) is 1. The van der Waals surface area contributed by atoms with E-state index in [1.807, 2.05) is 25.1 Å². The molecule has 1 aliphatic rings. The number of hydrogen-bond donors (Lipinski definition) is 1. The van der Waals surface area contributed by atoms with Gasteiger partial charge in [-0.1, -0.05) is 37.6 Å². The summed E-state index contributed by atoms with van der Waals surface area (Å²) >= 11 is 0. The average Bonchev–Trinajstić information content (AvgIpc) is 2.83. The van der Waals surface area contributed by atoms with Gasteiger partial charge in [0.2, 0.25) is 0 Å². The third-order valence-corrected chi connectivity index (χ3v) is 7.01. The summed E-state index contributed by atoms with van der Waals surface area (Å²) in [5.41, 5.74) is 1.15. The van der Waals surface area contributed by atoms with E-state index in [-0.39, 0.29) is 17.3 Å². The molecule has 1 N–H and O–H groups in total. The fourth-order valence-corrected chi connectivity index (χ4v) is 4.95. The van der Waals surface area contributed by atoms with Crippen LogP contribution >= 0.6 is 0 Å². The first-order chi connectivity index (χ1) is 16.4. The van der Waals surface area contributed by atoms with E-state index >= 15 is 0 Å². The largest absolute Gasteiger partial charge is 0.493 e. The monoisotopic (exact) mass is 474 g/mol. The SMILES string of the molecule is C=CCCCOc1ccc(C2CCC(CCc3ccc(C(O)CCC)c(F)c3F)CC2)c(F)c1. The fourth-order valence-electron chi connectivity index (χ4n) is 4.95. The summed E-state index contributed by atoms with van der Waals surface area (Å²) in [6.07, 6.45) is 8.62. The minimum atomic E-state index is -0.970. The lowest BCUT2D eigenvalue weighted by atomic mass is 9.76. The summed E-state index contributed by atoms with van der Waals surface area (Å²) in [4.78, 5) is 0. The van der Waals surface area contributed by atoms with E-state index in [4.69, 9.17) is 4.74 Å². The van der Waals surface area contributed by atoms with E-state index in [1.54, 1.807) is 6.07 Å². The predicted octanol–water partition coefficient (Wildman–Crippen LogP) is 8.19. The highest BCUT2D eigenvalue weighted by atomic mass is 19.2. The average molecular weight is 475 g/mol. The zero-order valence-corrected chi connectivity index (χ0v) is 20.2. The first-order valence-corrected chi connectivity index (χ1v) is 12.6. The van der Waals surface area contributed by atoms with Crippen LogP contribution in [0.5, 0.6) is 5.75 Å². The van der Waals surface area contributed by atoms with Crippen molar-refractivity contribution >= 4 is 0 Å². The molecule has 0 spiro atoms. The molecule has 3 rings (SSSR count). The van der Waals surface area contributed by atoms with Crippen LogP contribution in [0.3, 0.4) is 0 Å². The summed E-state index contributed by atoms with van der Waals surface area (Å²) in [7, 11) is 0. The Morgan fingerprint density at radius 3 is 2.53 bits per heavy atom. The minimum Gasteiger partial charge on any atom is -0.493 e. The Kier molecular flexibility index (Phi) is 10.1. The highest BCUT2D eigenvalue weighted by Gasteiger charge is 2.25. The molecule has 0 saturated heterocycles. The van der Waals surface area contributed by atoms with Crippen LogP contribution in [0.1, 0.15) is 93.4 Å². The van der Waals surface area contributed by atoms with E-state index in [1.165, 1.54) is 12.1 Å². The van der Waals surface area contributed by atoms with Gasteiger partial charge in [0.05, 0.1) is 12.7 Å². The van der Waals surface area contributed by atoms with Crippen molar-refractivity contribution in [3.63, 3.8) is 0 Å². The molecule has 0 amide bonds. The fraction of sp³-hybridized carbons (Fsp3) is 0.517. The van der Waals surface area contributed by atoms with Crippen LogP contribution in [0.2, 0.25) is 0 Å². The molecular formula is C29H37F3O2. The van der Waals surface area contributed by atoms with Gasteiger partial charge in [-0.3, -0.25) is 0 Å². The number of ether oxygens (including phenoxy) is 1. The van der Waals surface area contributed by atoms with Gasteiger partial charge in [-0.05, 0) is 86.8 Å². The maximum Gasteiger partial charge on any atom is 0.164 e. The highest BCUT2D eigenvalue weighted by Crippen LogP contribution is 2.39. The van der Waals surface area contributed by atoms with Crippen molar-refractivity contribution in [2.24, 2.45) is 5.92 Å². The summed E-state index contributed by atoms with van der Waals surface area (Å²) < 4.78 is 49.3. The highest BCUT2D eigenvalue weighted by molar-refractivity contribution is 5.31. The zero-order valence-electron chi connectivity index (χ0n) is 20.2. The minimum absolute atomic E-state index is 0.0406. The Morgan fingerprint density at radius 1 is 1.09 bits per heavy atom. The molecule has 186 valence electrons. The van der Waals surface area contributed by atoms with Gasteiger partial charge in [-0.2, -0.15) is 0 Å². The molecule has 2 aromatic rings. The van der Waals surface area contributed by atoms with Crippen molar-refractivity contribution in [2.75, 3.05) is 6.61 Å². The van der Waals surface area contributed by atoms with Crippen LogP contribution < -0.4 is 4.74 Å². The van der Waals surface area contributed by atoms with E-state index in [0.717, 1.165) is 50.5 Å². The molecule has 1 fully saturated rings. The van der Waals surface area contributed by atoms with Crippen LogP contribution in [0.15, 0.2) is 43.0 Å². The Balaban J connectivity index is 1.50. The van der Waals surface area contributed by atoms with Crippen molar-refractivity contribution in [3.05, 3.63) is 77.1 Å². The van der Waals surface area contributed by atoms with Gasteiger partial charge < -0.3 is 9.84 Å². The lowest BCUT2D eigenvalue weighted by Gasteiger charge is -2.29. The number of halogens is 3. The standard InChI is InChI=1S/C29H37F3O2/c1-3-5-6-18-34-23-15-17-24(26(30)19-23)21-11-8-20(9-12-21)10-13-22-14-16-25(27(33)7-4-2)29(32)28(22)31/h3,14-17,19-21,27,33H,1,4-13,18H2,2H3. The zero-order chi connectivity index (χ0) is 24.5. The molecule has 1 unspecified atom stereocenters. The molecule has 2 nitrogen and oxygen atoms in total. The third kappa shape index (κ3) is 6.88. The van der Waals surface area contributed by atoms with Crippen molar-refractivity contribution in [3.8, 4) is 5.75 Å². The molecule has 0 bridgehead atoms. The number of hydrogen-bond acceptors (Lipinski definition) is 2. The number of benzene rings is 2. The second kappa shape index (κ2) is 13.0. The molecular weight excluding hydrogens is 437 g/mol. The second-order valence-electron chi connectivity index (χ2n) is 9.47. The molecule has 5 heteroatoms. The first kappa shape index (κ1) is 26.3. The molecule has 0 aliphatic heterocycles. The molecule has 1 atom stereocenters. The first-order valence-electron chi connectivity index (χ1n) is 12.6. The van der Waals surface area contributed by atoms with Crippen LogP contribution in [-0.2, 0) is 6.42 Å². The number of aryl methyl sites for hydroxylation is 1. The Labute approximate surface area is 201 Å². The molecule has 34 heavy (non-hydrogen) atoms. The Hall–Kier alpha value is -2.27. The topological polar surface area (TPSA) is 29.5 Å².